The Kier molecular flexibility index (Phi) is 7.86. The molecule has 2 rings (SSSR count). The predicted molar refractivity (Wildman–Crippen MR) is 92.4 cm³/mol. The second-order valence-corrected chi connectivity index (χ2v) is 6.13. The second-order valence-electron chi connectivity index (χ2n) is 6.13. The minimum absolute atomic E-state index is 0.0339. The zero-order valence-corrected chi connectivity index (χ0v) is 14.8. The summed E-state index contributed by atoms with van der Waals surface area (Å²) in [7, 11) is 0. The number of nitrogens with zero attached hydrogens (tertiary/aromatic N) is 2. The van der Waals surface area contributed by atoms with Gasteiger partial charge in [0.1, 0.15) is 18.9 Å². The van der Waals surface area contributed by atoms with Gasteiger partial charge in [0.2, 0.25) is 5.91 Å². The van der Waals surface area contributed by atoms with Crippen LogP contribution in [-0.2, 0) is 4.79 Å². The van der Waals surface area contributed by atoms with Crippen LogP contribution in [0.3, 0.4) is 0 Å². The third-order valence-electron chi connectivity index (χ3n) is 3.95. The summed E-state index contributed by atoms with van der Waals surface area (Å²) in [4.78, 5) is 27.0. The van der Waals surface area contributed by atoms with Crippen molar-refractivity contribution in [3.05, 3.63) is 30.3 Å². The standard InChI is InChI=1S/C17H23F3N4O3/c18-17(19,20)13-21-16(26)22-15(25)12-24-8-6-23(7-9-24)10-11-27-14-4-2-1-3-5-14/h1-5H,6-13H2,(H2,21,22,25,26). The molecular weight excluding hydrogens is 365 g/mol. The molecule has 2 N–H and O–H groups in total. The molecule has 10 heteroatoms. The van der Waals surface area contributed by atoms with E-state index in [0.717, 1.165) is 25.4 Å². The van der Waals surface area contributed by atoms with Crippen molar-refractivity contribution in [3.63, 3.8) is 0 Å². The highest BCUT2D eigenvalue weighted by Crippen LogP contribution is 2.12. The van der Waals surface area contributed by atoms with Gasteiger partial charge in [-0.05, 0) is 12.1 Å². The first-order valence-corrected chi connectivity index (χ1v) is 8.59. The third-order valence-corrected chi connectivity index (χ3v) is 3.95. The number of urea groups is 1. The van der Waals surface area contributed by atoms with E-state index in [0.29, 0.717) is 19.7 Å². The topological polar surface area (TPSA) is 73.9 Å². The summed E-state index contributed by atoms with van der Waals surface area (Å²) >= 11 is 0. The zero-order chi connectivity index (χ0) is 19.7. The Morgan fingerprint density at radius 1 is 1.04 bits per heavy atom. The molecule has 0 unspecified atom stereocenters. The number of halogens is 3. The van der Waals surface area contributed by atoms with Crippen molar-refractivity contribution in [2.24, 2.45) is 0 Å². The highest BCUT2D eigenvalue weighted by molar-refractivity contribution is 5.95. The van der Waals surface area contributed by atoms with Crippen LogP contribution >= 0.6 is 0 Å². The molecule has 0 radical (unpaired) electrons. The Morgan fingerprint density at radius 3 is 2.30 bits per heavy atom. The summed E-state index contributed by atoms with van der Waals surface area (Å²) in [5.41, 5.74) is 0. The monoisotopic (exact) mass is 388 g/mol. The molecular formula is C17H23F3N4O3. The first-order chi connectivity index (χ1) is 12.8. The number of para-hydroxylation sites is 1. The zero-order valence-electron chi connectivity index (χ0n) is 14.8. The number of carbonyl (C=O) groups is 2. The fraction of sp³-hybridized carbons (Fsp3) is 0.529. The van der Waals surface area contributed by atoms with Crippen molar-refractivity contribution < 1.29 is 27.5 Å². The molecule has 0 aromatic heterocycles. The number of alkyl halides is 3. The van der Waals surface area contributed by atoms with Crippen LogP contribution in [0.5, 0.6) is 5.75 Å². The van der Waals surface area contributed by atoms with Crippen LogP contribution in [0.15, 0.2) is 30.3 Å². The van der Waals surface area contributed by atoms with Gasteiger partial charge in [0.25, 0.3) is 0 Å². The molecule has 1 fully saturated rings. The normalized spacial score (nSPS) is 16.0. The highest BCUT2D eigenvalue weighted by atomic mass is 19.4. The summed E-state index contributed by atoms with van der Waals surface area (Å²) in [5, 5.41) is 3.50. The number of imide groups is 1. The lowest BCUT2D eigenvalue weighted by molar-refractivity contribution is -0.125. The molecule has 0 aliphatic carbocycles. The number of hydrogen-bond donors (Lipinski definition) is 2. The molecule has 3 amide bonds. The predicted octanol–water partition coefficient (Wildman–Crippen LogP) is 1.07. The largest absolute Gasteiger partial charge is 0.492 e. The lowest BCUT2D eigenvalue weighted by Crippen LogP contribution is -2.52. The van der Waals surface area contributed by atoms with Gasteiger partial charge in [0.05, 0.1) is 6.54 Å². The molecule has 1 heterocycles. The molecule has 1 saturated heterocycles. The van der Waals surface area contributed by atoms with E-state index in [4.69, 9.17) is 4.74 Å². The molecule has 1 aromatic rings. The van der Waals surface area contributed by atoms with E-state index in [1.165, 1.54) is 0 Å². The van der Waals surface area contributed by atoms with E-state index in [1.807, 2.05) is 40.5 Å². The molecule has 0 atom stereocenters. The highest BCUT2D eigenvalue weighted by Gasteiger charge is 2.28. The van der Waals surface area contributed by atoms with Crippen molar-refractivity contribution in [1.82, 2.24) is 20.4 Å². The van der Waals surface area contributed by atoms with Gasteiger partial charge in [-0.3, -0.25) is 19.9 Å². The summed E-state index contributed by atoms with van der Waals surface area (Å²) in [6.45, 7) is 2.55. The smallest absolute Gasteiger partial charge is 0.405 e. The summed E-state index contributed by atoms with van der Waals surface area (Å²) < 4.78 is 41.6. The van der Waals surface area contributed by atoms with Gasteiger partial charge >= 0.3 is 12.2 Å². The van der Waals surface area contributed by atoms with Gasteiger partial charge in [0, 0.05) is 32.7 Å². The summed E-state index contributed by atoms with van der Waals surface area (Å²) in [5.74, 6) is 0.187. The number of piperazine rings is 1. The van der Waals surface area contributed by atoms with Crippen LogP contribution in [0, 0.1) is 0 Å². The van der Waals surface area contributed by atoms with E-state index in [-0.39, 0.29) is 6.54 Å². The first kappa shape index (κ1) is 21.0. The first-order valence-electron chi connectivity index (χ1n) is 8.59. The van der Waals surface area contributed by atoms with Gasteiger partial charge in [-0.25, -0.2) is 4.79 Å². The van der Waals surface area contributed by atoms with Gasteiger partial charge in [0.15, 0.2) is 0 Å². The lowest BCUT2D eigenvalue weighted by Gasteiger charge is -2.34. The number of benzene rings is 1. The van der Waals surface area contributed by atoms with Gasteiger partial charge in [-0.1, -0.05) is 18.2 Å². The number of ether oxygens (including phenoxy) is 1. The van der Waals surface area contributed by atoms with Crippen LogP contribution in [0.1, 0.15) is 0 Å². The van der Waals surface area contributed by atoms with Crippen molar-refractivity contribution in [2.75, 3.05) is 52.4 Å². The second kappa shape index (κ2) is 10.1. The SMILES string of the molecule is O=C(CN1CCN(CCOc2ccccc2)CC1)NC(=O)NCC(F)(F)F. The Labute approximate surface area is 155 Å². The van der Waals surface area contributed by atoms with E-state index >= 15 is 0 Å². The van der Waals surface area contributed by atoms with Gasteiger partial charge in [-0.2, -0.15) is 13.2 Å². The average molecular weight is 388 g/mol. The molecule has 7 nitrogen and oxygen atoms in total. The fourth-order valence-electron chi connectivity index (χ4n) is 2.57. The number of rotatable bonds is 7. The molecule has 0 bridgehead atoms. The van der Waals surface area contributed by atoms with E-state index < -0.39 is 24.7 Å². The van der Waals surface area contributed by atoms with Crippen LogP contribution in [-0.4, -0.2) is 80.3 Å². The minimum Gasteiger partial charge on any atom is -0.492 e. The Morgan fingerprint density at radius 2 is 1.67 bits per heavy atom. The Bertz CT molecular complexity index is 605. The molecule has 27 heavy (non-hydrogen) atoms. The van der Waals surface area contributed by atoms with E-state index in [1.54, 1.807) is 5.32 Å². The van der Waals surface area contributed by atoms with Gasteiger partial charge in [-0.15, -0.1) is 0 Å². The van der Waals surface area contributed by atoms with E-state index in [2.05, 4.69) is 4.90 Å². The van der Waals surface area contributed by atoms with Crippen molar-refractivity contribution in [1.29, 1.82) is 0 Å². The molecule has 0 spiro atoms. The molecule has 0 saturated carbocycles. The quantitative estimate of drug-likeness (QED) is 0.731. The molecule has 1 aliphatic rings. The van der Waals surface area contributed by atoms with Crippen LogP contribution in [0.25, 0.3) is 0 Å². The number of amides is 3. The third kappa shape index (κ3) is 8.74. The maximum Gasteiger partial charge on any atom is 0.405 e. The maximum atomic E-state index is 12.0. The number of nitrogens with one attached hydrogen (secondary N) is 2. The Balaban J connectivity index is 1.58. The van der Waals surface area contributed by atoms with Crippen LogP contribution in [0.2, 0.25) is 0 Å². The molecule has 150 valence electrons. The Hall–Kier alpha value is -2.33. The van der Waals surface area contributed by atoms with Crippen LogP contribution in [0.4, 0.5) is 18.0 Å². The fourth-order valence-corrected chi connectivity index (χ4v) is 2.57. The molecule has 1 aromatic carbocycles. The maximum absolute atomic E-state index is 12.0. The molecule has 1 aliphatic heterocycles. The van der Waals surface area contributed by atoms with Crippen molar-refractivity contribution >= 4 is 11.9 Å². The number of carbonyl (C=O) groups excluding carboxylic acids is 2. The number of hydrogen-bond acceptors (Lipinski definition) is 5. The van der Waals surface area contributed by atoms with Crippen molar-refractivity contribution in [2.45, 2.75) is 6.18 Å². The van der Waals surface area contributed by atoms with E-state index in [9.17, 15) is 22.8 Å². The minimum atomic E-state index is -4.51. The van der Waals surface area contributed by atoms with Crippen LogP contribution < -0.4 is 15.4 Å². The van der Waals surface area contributed by atoms with Gasteiger partial charge < -0.3 is 10.1 Å². The summed E-state index contributed by atoms with van der Waals surface area (Å²) in [6, 6.07) is 8.37. The lowest BCUT2D eigenvalue weighted by atomic mass is 10.3. The van der Waals surface area contributed by atoms with Crippen molar-refractivity contribution in [3.8, 4) is 5.75 Å². The average Bonchev–Trinajstić information content (AvgIpc) is 2.62. The summed E-state index contributed by atoms with van der Waals surface area (Å²) in [6.07, 6.45) is -4.51.